The second-order valence-electron chi connectivity index (χ2n) is 7.31. The van der Waals surface area contributed by atoms with Gasteiger partial charge in [-0.25, -0.2) is 0 Å². The molecule has 0 saturated heterocycles. The fourth-order valence-corrected chi connectivity index (χ4v) is 3.00. The summed E-state index contributed by atoms with van der Waals surface area (Å²) in [6.45, 7) is 6.42. The van der Waals surface area contributed by atoms with Crippen LogP contribution in [0, 0.1) is 0 Å². The molecule has 8 nitrogen and oxygen atoms in total. The first kappa shape index (κ1) is 25.0. The van der Waals surface area contributed by atoms with Crippen molar-refractivity contribution in [1.29, 1.82) is 0 Å². The summed E-state index contributed by atoms with van der Waals surface area (Å²) >= 11 is 0. The zero-order valence-corrected chi connectivity index (χ0v) is 18.8. The summed E-state index contributed by atoms with van der Waals surface area (Å²) in [5.74, 6) is 1.79. The Morgan fingerprint density at radius 3 is 2.10 bits per heavy atom. The molecule has 0 atom stereocenters. The summed E-state index contributed by atoms with van der Waals surface area (Å²) < 4.78 is 10.8. The molecule has 4 N–H and O–H groups in total. The first-order valence-corrected chi connectivity index (χ1v) is 11.5. The molecular weight excluding hydrogens is 392 g/mol. The lowest BCUT2D eigenvalue weighted by Crippen LogP contribution is -2.16. The van der Waals surface area contributed by atoms with Crippen molar-refractivity contribution >= 4 is 11.9 Å². The summed E-state index contributed by atoms with van der Waals surface area (Å²) in [5, 5.41) is 6.59. The standard InChI is InChI=1S/C23H38N6O2/c1-2-3-4-5-6-10-14-25-22-27-21(20-11-8-7-9-12-20)28-23(29-22)26-15-17-31-19-18-30-16-13-24/h7-9,11-12H,2-6,10,13-19,24H2,1H3,(H2,25,26,27,28,29). The molecule has 0 fully saturated rings. The number of nitrogens with two attached hydrogens (primary N) is 1. The van der Waals surface area contributed by atoms with Gasteiger partial charge in [-0.1, -0.05) is 69.4 Å². The van der Waals surface area contributed by atoms with Crippen molar-refractivity contribution in [3.8, 4) is 11.4 Å². The van der Waals surface area contributed by atoms with Crippen molar-refractivity contribution < 1.29 is 9.47 Å². The van der Waals surface area contributed by atoms with Gasteiger partial charge in [0.1, 0.15) is 0 Å². The van der Waals surface area contributed by atoms with E-state index in [0.717, 1.165) is 18.5 Å². The summed E-state index contributed by atoms with van der Waals surface area (Å²) in [6, 6.07) is 9.95. The topological polar surface area (TPSA) is 107 Å². The Morgan fingerprint density at radius 1 is 0.742 bits per heavy atom. The number of hydrogen-bond donors (Lipinski definition) is 3. The van der Waals surface area contributed by atoms with Crippen LogP contribution >= 0.6 is 0 Å². The molecule has 0 aliphatic carbocycles. The number of unbranched alkanes of at least 4 members (excludes halogenated alkanes) is 5. The highest BCUT2D eigenvalue weighted by molar-refractivity contribution is 5.57. The number of rotatable bonds is 18. The van der Waals surface area contributed by atoms with E-state index in [2.05, 4.69) is 32.5 Å². The van der Waals surface area contributed by atoms with Crippen molar-refractivity contribution in [3.05, 3.63) is 30.3 Å². The van der Waals surface area contributed by atoms with E-state index in [1.165, 1.54) is 32.1 Å². The molecule has 0 radical (unpaired) electrons. The lowest BCUT2D eigenvalue weighted by atomic mass is 10.1. The molecule has 0 bridgehead atoms. The van der Waals surface area contributed by atoms with Gasteiger partial charge in [0, 0.05) is 25.2 Å². The molecule has 31 heavy (non-hydrogen) atoms. The van der Waals surface area contributed by atoms with Crippen LogP contribution in [0.3, 0.4) is 0 Å². The third-order valence-corrected chi connectivity index (χ3v) is 4.64. The fourth-order valence-electron chi connectivity index (χ4n) is 3.00. The quantitative estimate of drug-likeness (QED) is 0.307. The van der Waals surface area contributed by atoms with Crippen molar-refractivity contribution in [3.63, 3.8) is 0 Å². The van der Waals surface area contributed by atoms with Gasteiger partial charge in [-0.05, 0) is 6.42 Å². The van der Waals surface area contributed by atoms with Crippen LogP contribution in [0.15, 0.2) is 30.3 Å². The molecule has 1 aromatic carbocycles. The Labute approximate surface area is 186 Å². The highest BCUT2D eigenvalue weighted by Gasteiger charge is 2.08. The molecule has 8 heteroatoms. The maximum Gasteiger partial charge on any atom is 0.228 e. The van der Waals surface area contributed by atoms with Gasteiger partial charge in [-0.2, -0.15) is 15.0 Å². The van der Waals surface area contributed by atoms with Crippen molar-refractivity contribution in [2.45, 2.75) is 45.4 Å². The van der Waals surface area contributed by atoms with Gasteiger partial charge in [0.15, 0.2) is 5.82 Å². The summed E-state index contributed by atoms with van der Waals surface area (Å²) in [6.07, 6.45) is 7.52. The number of aromatic nitrogens is 3. The molecule has 2 aromatic rings. The van der Waals surface area contributed by atoms with Crippen molar-refractivity contribution in [2.24, 2.45) is 5.73 Å². The zero-order chi connectivity index (χ0) is 22.0. The van der Waals surface area contributed by atoms with Crippen LogP contribution in [0.1, 0.15) is 45.4 Å². The van der Waals surface area contributed by atoms with Gasteiger partial charge in [0.25, 0.3) is 0 Å². The first-order chi connectivity index (χ1) is 15.3. The van der Waals surface area contributed by atoms with Crippen LogP contribution in [0.4, 0.5) is 11.9 Å². The Kier molecular flexibility index (Phi) is 13.2. The lowest BCUT2D eigenvalue weighted by Gasteiger charge is -2.11. The minimum Gasteiger partial charge on any atom is -0.378 e. The third-order valence-electron chi connectivity index (χ3n) is 4.64. The van der Waals surface area contributed by atoms with Gasteiger partial charge in [0.05, 0.1) is 26.4 Å². The number of benzene rings is 1. The van der Waals surface area contributed by atoms with E-state index in [4.69, 9.17) is 15.2 Å². The number of anilines is 2. The van der Waals surface area contributed by atoms with Gasteiger partial charge >= 0.3 is 0 Å². The van der Waals surface area contributed by atoms with E-state index in [-0.39, 0.29) is 0 Å². The Bertz CT molecular complexity index is 702. The summed E-state index contributed by atoms with van der Waals surface area (Å²) in [5.41, 5.74) is 6.35. The van der Waals surface area contributed by atoms with Gasteiger partial charge in [-0.3, -0.25) is 0 Å². The molecule has 172 valence electrons. The molecule has 0 aliphatic heterocycles. The minimum absolute atomic E-state index is 0.528. The second kappa shape index (κ2) is 16.4. The molecular formula is C23H38N6O2. The number of nitrogens with zero attached hydrogens (tertiary/aromatic N) is 3. The van der Waals surface area contributed by atoms with Gasteiger partial charge < -0.3 is 25.8 Å². The van der Waals surface area contributed by atoms with Crippen LogP contribution in [0.25, 0.3) is 11.4 Å². The molecule has 2 rings (SSSR count). The van der Waals surface area contributed by atoms with E-state index in [0.29, 0.717) is 57.2 Å². The van der Waals surface area contributed by atoms with Crippen LogP contribution in [-0.2, 0) is 9.47 Å². The predicted molar refractivity (Wildman–Crippen MR) is 126 cm³/mol. The molecule has 1 aromatic heterocycles. The largest absolute Gasteiger partial charge is 0.378 e. The average molecular weight is 431 g/mol. The maximum absolute atomic E-state index is 5.55. The zero-order valence-electron chi connectivity index (χ0n) is 18.8. The van der Waals surface area contributed by atoms with Crippen LogP contribution in [0.2, 0.25) is 0 Å². The second-order valence-corrected chi connectivity index (χ2v) is 7.31. The molecule has 0 saturated carbocycles. The average Bonchev–Trinajstić information content (AvgIpc) is 2.81. The lowest BCUT2D eigenvalue weighted by molar-refractivity contribution is 0.0547. The van der Waals surface area contributed by atoms with Crippen molar-refractivity contribution in [1.82, 2.24) is 15.0 Å². The molecule has 0 amide bonds. The van der Waals surface area contributed by atoms with E-state index in [1.807, 2.05) is 30.3 Å². The monoisotopic (exact) mass is 430 g/mol. The SMILES string of the molecule is CCCCCCCCNc1nc(NCCOCCOCCN)nc(-c2ccccc2)n1. The van der Waals surface area contributed by atoms with E-state index < -0.39 is 0 Å². The smallest absolute Gasteiger partial charge is 0.228 e. The number of nitrogens with one attached hydrogen (secondary N) is 2. The highest BCUT2D eigenvalue weighted by Crippen LogP contribution is 2.17. The minimum atomic E-state index is 0.528. The molecule has 0 aliphatic rings. The third kappa shape index (κ3) is 11.1. The Hall–Kier alpha value is -2.29. The molecule has 1 heterocycles. The normalized spacial score (nSPS) is 10.9. The first-order valence-electron chi connectivity index (χ1n) is 11.5. The highest BCUT2D eigenvalue weighted by atomic mass is 16.5. The number of hydrogen-bond acceptors (Lipinski definition) is 8. The van der Waals surface area contributed by atoms with E-state index >= 15 is 0 Å². The van der Waals surface area contributed by atoms with E-state index in [9.17, 15) is 0 Å². The fraction of sp³-hybridized carbons (Fsp3) is 0.609. The summed E-state index contributed by atoms with van der Waals surface area (Å²) in [4.78, 5) is 13.7. The van der Waals surface area contributed by atoms with Crippen LogP contribution < -0.4 is 16.4 Å². The molecule has 0 unspecified atom stereocenters. The van der Waals surface area contributed by atoms with Crippen LogP contribution in [-0.4, -0.2) is 61.0 Å². The molecule has 0 spiro atoms. The Morgan fingerprint density at radius 2 is 1.39 bits per heavy atom. The Balaban J connectivity index is 1.84. The van der Waals surface area contributed by atoms with Gasteiger partial charge in [0.2, 0.25) is 11.9 Å². The van der Waals surface area contributed by atoms with Gasteiger partial charge in [-0.15, -0.1) is 0 Å². The maximum atomic E-state index is 5.55. The van der Waals surface area contributed by atoms with E-state index in [1.54, 1.807) is 0 Å². The number of ether oxygens (including phenoxy) is 2. The summed E-state index contributed by atoms with van der Waals surface area (Å²) in [7, 11) is 0. The van der Waals surface area contributed by atoms with Crippen LogP contribution in [0.5, 0.6) is 0 Å². The van der Waals surface area contributed by atoms with Crippen molar-refractivity contribution in [2.75, 3.05) is 56.7 Å². The predicted octanol–water partition coefficient (Wildman–Crippen LogP) is 3.71.